The van der Waals surface area contributed by atoms with Crippen molar-refractivity contribution in [3.63, 3.8) is 0 Å². The van der Waals surface area contributed by atoms with E-state index in [9.17, 15) is 8.78 Å². The van der Waals surface area contributed by atoms with Crippen molar-refractivity contribution < 1.29 is 38.0 Å². The number of guanidine groups is 2. The van der Waals surface area contributed by atoms with Gasteiger partial charge in [0.25, 0.3) is 0 Å². The van der Waals surface area contributed by atoms with E-state index in [4.69, 9.17) is 50.6 Å². The second kappa shape index (κ2) is 19.3. The fourth-order valence-electron chi connectivity index (χ4n) is 11.4. The minimum absolute atomic E-state index is 0.183. The van der Waals surface area contributed by atoms with Crippen LogP contribution in [0.1, 0.15) is 83.0 Å². The first-order valence-corrected chi connectivity index (χ1v) is 25.2. The third-order valence-electron chi connectivity index (χ3n) is 14.5. The Morgan fingerprint density at radius 2 is 1.08 bits per heavy atom. The number of hydrogen-bond acceptors (Lipinski definition) is 12. The Kier molecular flexibility index (Phi) is 13.2. The van der Waals surface area contributed by atoms with Crippen LogP contribution in [0.5, 0.6) is 11.5 Å². The van der Waals surface area contributed by atoms with Gasteiger partial charge in [0.15, 0.2) is 0 Å². The van der Waals surface area contributed by atoms with E-state index in [1.165, 1.54) is 45.5 Å². The molecule has 16 heteroatoms. The van der Waals surface area contributed by atoms with Crippen LogP contribution in [0.2, 0.25) is 0 Å². The molecule has 0 fully saturated rings. The number of fused-ring (bicyclic) bond motifs is 6. The summed E-state index contributed by atoms with van der Waals surface area (Å²) in [7, 11) is 1.98. The first kappa shape index (κ1) is 49.3. The van der Waals surface area contributed by atoms with Crippen LogP contribution in [-0.4, -0.2) is 64.5 Å². The molecule has 6 aliphatic rings. The lowest BCUT2D eigenvalue weighted by molar-refractivity contribution is -0.205. The van der Waals surface area contributed by atoms with Gasteiger partial charge in [-0.1, -0.05) is 82.7 Å². The summed E-state index contributed by atoms with van der Waals surface area (Å²) in [6.45, 7) is 3.58. The van der Waals surface area contributed by atoms with Crippen LogP contribution in [-0.2, 0) is 46.8 Å². The zero-order chi connectivity index (χ0) is 50.6. The topological polar surface area (TPSA) is 161 Å². The lowest BCUT2D eigenvalue weighted by Crippen LogP contribution is -2.49. The standard InChI is InChI=1S/C28H28FN3O2.C21H22BrN3O2.C7H8BFO2/c1-18-12-22(14-23(29)13-18)20-9-10-25-24(15-20)28(31-26(30)32(2)34-28)17-27(33-25)11-5-8-19-6-3-4-7-21(19)16-27;1-25-19(23)24-21(27-25)13-20(26-18-9-8-16(22)11-17(18)21)10-4-7-14-5-2-3-6-15(14)12-20;1-5-2-6(8(10)11)4-7(9)3-5/h3-4,6-7,9-10,12-15H,5,8,11,16-17H2,1-2H3,(H2,30,31);2-3,5-6,8-9,11H,4,7,10,12-13H2,1H3,(H2,23,24);2-4,10-11H,1H3. The highest BCUT2D eigenvalue weighted by molar-refractivity contribution is 9.10. The molecule has 0 amide bonds. The Morgan fingerprint density at radius 1 is 0.597 bits per heavy atom. The smallest absolute Gasteiger partial charge is 0.486 e. The maximum atomic E-state index is 14.2. The normalized spacial score (nSPS) is 24.5. The molecule has 4 unspecified atom stereocenters. The first-order valence-electron chi connectivity index (χ1n) is 24.4. The van der Waals surface area contributed by atoms with E-state index in [-0.39, 0.29) is 16.9 Å². The molecule has 4 aliphatic heterocycles. The van der Waals surface area contributed by atoms with E-state index in [1.54, 1.807) is 32.1 Å². The van der Waals surface area contributed by atoms with E-state index in [2.05, 4.69) is 64.5 Å². The van der Waals surface area contributed by atoms with E-state index >= 15 is 0 Å². The van der Waals surface area contributed by atoms with Gasteiger partial charge in [0.2, 0.25) is 23.4 Å². The van der Waals surface area contributed by atoms with Crippen molar-refractivity contribution in [2.24, 2.45) is 21.5 Å². The SMILES string of the molecule is CN1OC2(CC3(CCCc4ccccc4C3)Oc3ccc(Br)cc32)N=C1N.Cc1cc(F)cc(-c2ccc3c(c2)C2(CC4(CCCc5ccccc5C4)O3)N=C(N)N(C)O2)c1.Cc1cc(F)cc(B(O)O)c1. The zero-order valence-corrected chi connectivity index (χ0v) is 42.4. The number of rotatable bonds is 2. The molecule has 12 rings (SSSR count). The van der Waals surface area contributed by atoms with Gasteiger partial charge in [0.1, 0.15) is 34.3 Å². The van der Waals surface area contributed by atoms with Crippen LogP contribution in [0, 0.1) is 25.5 Å². The van der Waals surface area contributed by atoms with Gasteiger partial charge in [-0.05, 0) is 157 Å². The molecule has 0 saturated carbocycles. The van der Waals surface area contributed by atoms with Crippen molar-refractivity contribution in [2.45, 2.75) is 101 Å². The fraction of sp³-hybridized carbons (Fsp3) is 0.321. The molecule has 6 aromatic carbocycles. The molecule has 72 heavy (non-hydrogen) atoms. The van der Waals surface area contributed by atoms with Gasteiger partial charge in [0, 0.05) is 44.3 Å². The molecule has 4 atom stereocenters. The maximum absolute atomic E-state index is 14.2. The molecule has 0 radical (unpaired) electrons. The summed E-state index contributed by atoms with van der Waals surface area (Å²) in [6.07, 6.45) is 8.91. The Hall–Kier alpha value is -6.30. The monoisotopic (exact) mass is 1040 g/mol. The van der Waals surface area contributed by atoms with Crippen molar-refractivity contribution in [1.29, 1.82) is 0 Å². The van der Waals surface area contributed by atoms with Gasteiger partial charge in [-0.3, -0.25) is 0 Å². The Morgan fingerprint density at radius 3 is 1.57 bits per heavy atom. The molecular weight excluding hydrogens is 981 g/mol. The molecule has 0 bridgehead atoms. The second-order valence-electron chi connectivity index (χ2n) is 20.0. The Bertz CT molecular complexity index is 3090. The number of ether oxygens (including phenoxy) is 2. The van der Waals surface area contributed by atoms with E-state index in [0.717, 1.165) is 101 Å². The van der Waals surface area contributed by atoms with Gasteiger partial charge >= 0.3 is 7.12 Å². The van der Waals surface area contributed by atoms with E-state index in [0.29, 0.717) is 30.3 Å². The summed E-state index contributed by atoms with van der Waals surface area (Å²) in [4.78, 5) is 22.2. The molecule has 4 heterocycles. The van der Waals surface area contributed by atoms with Gasteiger partial charge in [-0.25, -0.2) is 38.6 Å². The maximum Gasteiger partial charge on any atom is 0.488 e. The van der Waals surface area contributed by atoms with Crippen molar-refractivity contribution in [3.8, 4) is 22.6 Å². The number of aliphatic imine (C=N–C) groups is 2. The minimum Gasteiger partial charge on any atom is -0.486 e. The van der Waals surface area contributed by atoms with Crippen molar-refractivity contribution >= 4 is 40.4 Å². The number of aryl methyl sites for hydroxylation is 4. The molecule has 6 N–H and O–H groups in total. The zero-order valence-electron chi connectivity index (χ0n) is 40.8. The van der Waals surface area contributed by atoms with Gasteiger partial charge in [-0.2, -0.15) is 0 Å². The molecular formula is C56H58BBrF2N6O6. The summed E-state index contributed by atoms with van der Waals surface area (Å²) in [5, 5.41) is 20.4. The largest absolute Gasteiger partial charge is 0.488 e. The summed E-state index contributed by atoms with van der Waals surface area (Å²) in [6, 6.07) is 38.3. The number of benzene rings is 6. The predicted molar refractivity (Wildman–Crippen MR) is 278 cm³/mol. The molecule has 2 aliphatic carbocycles. The van der Waals surface area contributed by atoms with Gasteiger partial charge in [0.05, 0.1) is 11.1 Å². The molecule has 12 nitrogen and oxygen atoms in total. The number of hydroxylamine groups is 4. The van der Waals surface area contributed by atoms with Crippen LogP contribution >= 0.6 is 15.9 Å². The van der Waals surface area contributed by atoms with Crippen LogP contribution in [0.15, 0.2) is 136 Å². The fourth-order valence-corrected chi connectivity index (χ4v) is 11.7. The van der Waals surface area contributed by atoms with Gasteiger partial charge in [-0.15, -0.1) is 0 Å². The number of nitrogens with two attached hydrogens (primary N) is 2. The summed E-state index contributed by atoms with van der Waals surface area (Å²) in [5.74, 6) is 1.60. The summed E-state index contributed by atoms with van der Waals surface area (Å²) >= 11 is 3.57. The van der Waals surface area contributed by atoms with Crippen LogP contribution in [0.3, 0.4) is 0 Å². The van der Waals surface area contributed by atoms with E-state index < -0.39 is 30.0 Å². The lowest BCUT2D eigenvalue weighted by Gasteiger charge is -2.45. The minimum atomic E-state index is -1.59. The second-order valence-corrected chi connectivity index (χ2v) is 20.9. The van der Waals surface area contributed by atoms with Crippen LogP contribution in [0.4, 0.5) is 8.78 Å². The molecule has 4 spiro atoms. The average Bonchev–Trinajstić information content (AvgIpc) is 3.59. The molecule has 372 valence electrons. The predicted octanol–water partition coefficient (Wildman–Crippen LogP) is 8.95. The third-order valence-corrected chi connectivity index (χ3v) is 15.0. The number of halogens is 3. The summed E-state index contributed by atoms with van der Waals surface area (Å²) < 4.78 is 41.2. The average molecular weight is 1040 g/mol. The highest BCUT2D eigenvalue weighted by Gasteiger charge is 2.56. The van der Waals surface area contributed by atoms with Crippen molar-refractivity contribution in [3.05, 3.63) is 182 Å². The lowest BCUT2D eigenvalue weighted by atomic mass is 9.78. The van der Waals surface area contributed by atoms with Gasteiger partial charge < -0.3 is 31.0 Å². The molecule has 0 aromatic heterocycles. The van der Waals surface area contributed by atoms with Crippen LogP contribution in [0.25, 0.3) is 11.1 Å². The third kappa shape index (κ3) is 9.82. The Balaban J connectivity index is 0.000000140. The number of nitrogens with zero attached hydrogens (tertiary/aromatic N) is 4. The quantitative estimate of drug-likeness (QED) is 0.123. The first-order chi connectivity index (χ1) is 34.4. The van der Waals surface area contributed by atoms with Crippen LogP contribution < -0.4 is 26.4 Å². The van der Waals surface area contributed by atoms with E-state index in [1.807, 2.05) is 49.4 Å². The van der Waals surface area contributed by atoms with Crippen molar-refractivity contribution in [1.82, 2.24) is 10.1 Å². The van der Waals surface area contributed by atoms with Crippen molar-refractivity contribution in [2.75, 3.05) is 14.1 Å². The highest BCUT2D eigenvalue weighted by atomic mass is 79.9. The highest BCUT2D eigenvalue weighted by Crippen LogP contribution is 2.54. The summed E-state index contributed by atoms with van der Waals surface area (Å²) in [5.41, 5.74) is 20.3. The molecule has 6 aromatic rings. The Labute approximate surface area is 427 Å². The molecule has 0 saturated heterocycles. The number of hydrogen-bond donors (Lipinski definition) is 4.